The Hall–Kier alpha value is -2.55. The number of rotatable bonds is 4. The molecule has 1 heterocycles. The molecule has 0 radical (unpaired) electrons. The molecule has 3 rings (SSSR count). The number of carbonyl (C=O) groups excluding carboxylic acids is 1. The van der Waals surface area contributed by atoms with E-state index in [0.29, 0.717) is 37.2 Å². The van der Waals surface area contributed by atoms with E-state index in [1.807, 2.05) is 0 Å². The largest absolute Gasteiger partial charge is 0.416 e. The second-order valence-corrected chi connectivity index (χ2v) is 7.48. The van der Waals surface area contributed by atoms with Gasteiger partial charge < -0.3 is 4.90 Å². The number of carbonyl (C=O) groups is 1. The highest BCUT2D eigenvalue weighted by molar-refractivity contribution is 7.92. The molecule has 2 aromatic rings. The van der Waals surface area contributed by atoms with Crippen LogP contribution in [0.2, 0.25) is 0 Å². The standard InChI is InChI=1S/C17H15F3N2O3S/c18-17(19,20)12-7-9-13(10-8-12)26(24,25)21-14-4-1-2-5-15(14)22-11-3-6-16(22)23/h1-2,4-5,7-10,21H,3,6,11H2. The first-order valence-electron chi connectivity index (χ1n) is 7.78. The van der Waals surface area contributed by atoms with Gasteiger partial charge in [0.15, 0.2) is 0 Å². The monoisotopic (exact) mass is 384 g/mol. The second-order valence-electron chi connectivity index (χ2n) is 5.79. The predicted octanol–water partition coefficient (Wildman–Crippen LogP) is 3.63. The van der Waals surface area contributed by atoms with Crippen LogP contribution in [0.3, 0.4) is 0 Å². The molecule has 0 spiro atoms. The normalized spacial score (nSPS) is 15.3. The number of nitrogens with one attached hydrogen (secondary N) is 1. The maximum Gasteiger partial charge on any atom is 0.416 e. The summed E-state index contributed by atoms with van der Waals surface area (Å²) in [7, 11) is -4.10. The van der Waals surface area contributed by atoms with Crippen LogP contribution in [0, 0.1) is 0 Å². The number of anilines is 2. The Morgan fingerprint density at radius 3 is 2.23 bits per heavy atom. The molecular weight excluding hydrogens is 369 g/mol. The van der Waals surface area contributed by atoms with Crippen molar-refractivity contribution in [1.82, 2.24) is 0 Å². The Bertz CT molecular complexity index is 925. The number of halogens is 3. The molecule has 0 aliphatic carbocycles. The first kappa shape index (κ1) is 18.2. The van der Waals surface area contributed by atoms with Crippen LogP contribution >= 0.6 is 0 Å². The Morgan fingerprint density at radius 1 is 1.00 bits per heavy atom. The van der Waals surface area contributed by atoms with E-state index >= 15 is 0 Å². The van der Waals surface area contributed by atoms with E-state index in [0.717, 1.165) is 12.1 Å². The van der Waals surface area contributed by atoms with Gasteiger partial charge in [0.2, 0.25) is 5.91 Å². The molecule has 0 saturated carbocycles. The number of sulfonamides is 1. The highest BCUT2D eigenvalue weighted by Gasteiger charge is 2.31. The highest BCUT2D eigenvalue weighted by atomic mass is 32.2. The molecule has 1 aliphatic rings. The summed E-state index contributed by atoms with van der Waals surface area (Å²) in [5.41, 5.74) is -0.312. The van der Waals surface area contributed by atoms with E-state index in [1.165, 1.54) is 11.0 Å². The summed E-state index contributed by atoms with van der Waals surface area (Å²) in [6.45, 7) is 0.484. The first-order chi connectivity index (χ1) is 12.2. The van der Waals surface area contributed by atoms with Crippen LogP contribution in [0.4, 0.5) is 24.5 Å². The lowest BCUT2D eigenvalue weighted by atomic mass is 10.2. The average molecular weight is 384 g/mol. The van der Waals surface area contributed by atoms with Gasteiger partial charge in [0.1, 0.15) is 0 Å². The van der Waals surface area contributed by atoms with Crippen molar-refractivity contribution in [3.05, 3.63) is 54.1 Å². The Labute approximate surface area is 148 Å². The molecule has 2 aromatic carbocycles. The second kappa shape index (κ2) is 6.64. The number of amides is 1. The molecule has 1 aliphatic heterocycles. The fraction of sp³-hybridized carbons (Fsp3) is 0.235. The lowest BCUT2D eigenvalue weighted by Crippen LogP contribution is -2.25. The number of nitrogens with zero attached hydrogens (tertiary/aromatic N) is 1. The van der Waals surface area contributed by atoms with Gasteiger partial charge in [0.25, 0.3) is 10.0 Å². The van der Waals surface area contributed by atoms with Crippen LogP contribution in [-0.2, 0) is 21.0 Å². The minimum absolute atomic E-state index is 0.105. The number of benzene rings is 2. The molecule has 1 saturated heterocycles. The molecular formula is C17H15F3N2O3S. The third kappa shape index (κ3) is 3.67. The SMILES string of the molecule is O=C1CCCN1c1ccccc1NS(=O)(=O)c1ccc(C(F)(F)F)cc1. The molecule has 0 atom stereocenters. The van der Waals surface area contributed by atoms with Gasteiger partial charge in [0, 0.05) is 13.0 Å². The summed E-state index contributed by atoms with van der Waals surface area (Å²) in [6.07, 6.45) is -3.47. The van der Waals surface area contributed by atoms with Crippen molar-refractivity contribution in [1.29, 1.82) is 0 Å². The number of alkyl halides is 3. The molecule has 1 N–H and O–H groups in total. The van der Waals surface area contributed by atoms with Crippen LogP contribution in [-0.4, -0.2) is 20.9 Å². The maximum absolute atomic E-state index is 12.6. The Morgan fingerprint density at radius 2 is 1.65 bits per heavy atom. The average Bonchev–Trinajstić information content (AvgIpc) is 3.00. The van der Waals surface area contributed by atoms with Crippen LogP contribution in [0.25, 0.3) is 0 Å². The Kier molecular flexibility index (Phi) is 4.66. The van der Waals surface area contributed by atoms with Crippen LogP contribution in [0.1, 0.15) is 18.4 Å². The van der Waals surface area contributed by atoms with Crippen molar-refractivity contribution in [3.8, 4) is 0 Å². The third-order valence-electron chi connectivity index (χ3n) is 4.00. The lowest BCUT2D eigenvalue weighted by Gasteiger charge is -2.20. The summed E-state index contributed by atoms with van der Waals surface area (Å²) in [5, 5.41) is 0. The van der Waals surface area contributed by atoms with Crippen LogP contribution in [0.5, 0.6) is 0 Å². The lowest BCUT2D eigenvalue weighted by molar-refractivity contribution is -0.137. The number of hydrogen-bond donors (Lipinski definition) is 1. The van der Waals surface area contributed by atoms with Crippen molar-refractivity contribution in [2.24, 2.45) is 0 Å². The molecule has 0 unspecified atom stereocenters. The van der Waals surface area contributed by atoms with E-state index in [2.05, 4.69) is 4.72 Å². The molecule has 26 heavy (non-hydrogen) atoms. The van der Waals surface area contributed by atoms with Gasteiger partial charge in [-0.05, 0) is 42.8 Å². The van der Waals surface area contributed by atoms with Gasteiger partial charge in [-0.3, -0.25) is 9.52 Å². The minimum Gasteiger partial charge on any atom is -0.310 e. The zero-order chi connectivity index (χ0) is 18.9. The Balaban J connectivity index is 1.90. The molecule has 138 valence electrons. The summed E-state index contributed by atoms with van der Waals surface area (Å²) < 4.78 is 65.3. The minimum atomic E-state index is -4.54. The zero-order valence-electron chi connectivity index (χ0n) is 13.5. The first-order valence-corrected chi connectivity index (χ1v) is 9.26. The van der Waals surface area contributed by atoms with E-state index in [4.69, 9.17) is 0 Å². The van der Waals surface area contributed by atoms with Gasteiger partial charge >= 0.3 is 6.18 Å². The third-order valence-corrected chi connectivity index (χ3v) is 5.39. The van der Waals surface area contributed by atoms with Crippen molar-refractivity contribution in [2.75, 3.05) is 16.2 Å². The fourth-order valence-corrected chi connectivity index (χ4v) is 3.80. The summed E-state index contributed by atoms with van der Waals surface area (Å²) >= 11 is 0. The summed E-state index contributed by atoms with van der Waals surface area (Å²) in [4.78, 5) is 13.1. The topological polar surface area (TPSA) is 66.5 Å². The van der Waals surface area contributed by atoms with Crippen LogP contribution in [0.15, 0.2) is 53.4 Å². The zero-order valence-corrected chi connectivity index (χ0v) is 14.3. The van der Waals surface area contributed by atoms with Crippen molar-refractivity contribution in [2.45, 2.75) is 23.9 Å². The number of hydrogen-bond acceptors (Lipinski definition) is 3. The van der Waals surface area contributed by atoms with Gasteiger partial charge in [0.05, 0.1) is 21.8 Å². The van der Waals surface area contributed by atoms with Crippen molar-refractivity contribution < 1.29 is 26.4 Å². The maximum atomic E-state index is 12.6. The molecule has 0 aromatic heterocycles. The van der Waals surface area contributed by atoms with Crippen molar-refractivity contribution >= 4 is 27.3 Å². The van der Waals surface area contributed by atoms with E-state index in [1.54, 1.807) is 18.2 Å². The van der Waals surface area contributed by atoms with E-state index in [-0.39, 0.29) is 16.5 Å². The molecule has 1 fully saturated rings. The van der Waals surface area contributed by atoms with Gasteiger partial charge in [-0.2, -0.15) is 13.2 Å². The smallest absolute Gasteiger partial charge is 0.310 e. The molecule has 5 nitrogen and oxygen atoms in total. The van der Waals surface area contributed by atoms with Crippen LogP contribution < -0.4 is 9.62 Å². The molecule has 9 heteroatoms. The molecule has 1 amide bonds. The van der Waals surface area contributed by atoms with E-state index in [9.17, 15) is 26.4 Å². The van der Waals surface area contributed by atoms with Gasteiger partial charge in [-0.1, -0.05) is 12.1 Å². The van der Waals surface area contributed by atoms with Gasteiger partial charge in [-0.25, -0.2) is 8.42 Å². The van der Waals surface area contributed by atoms with Gasteiger partial charge in [-0.15, -0.1) is 0 Å². The number of para-hydroxylation sites is 2. The van der Waals surface area contributed by atoms with Crippen molar-refractivity contribution in [3.63, 3.8) is 0 Å². The quantitative estimate of drug-likeness (QED) is 0.875. The van der Waals surface area contributed by atoms with E-state index < -0.39 is 21.8 Å². The fourth-order valence-electron chi connectivity index (χ4n) is 2.72. The molecule has 0 bridgehead atoms. The summed E-state index contributed by atoms with van der Waals surface area (Å²) in [6, 6.07) is 9.63. The summed E-state index contributed by atoms with van der Waals surface area (Å²) in [5.74, 6) is -0.105. The predicted molar refractivity (Wildman–Crippen MR) is 90.3 cm³/mol. The highest BCUT2D eigenvalue weighted by Crippen LogP contribution is 2.32.